The smallest absolute Gasteiger partial charge is 0.193 e. The van der Waals surface area contributed by atoms with Crippen molar-refractivity contribution in [2.24, 2.45) is 16.8 Å². The topological polar surface area (TPSA) is 36.9 Å². The first-order valence-electron chi connectivity index (χ1n) is 9.31. The van der Waals surface area contributed by atoms with E-state index in [1.54, 1.807) is 7.11 Å². The lowest BCUT2D eigenvalue weighted by Crippen LogP contribution is -2.41. The van der Waals surface area contributed by atoms with Gasteiger partial charge in [-0.3, -0.25) is 4.99 Å². The van der Waals surface area contributed by atoms with Crippen molar-refractivity contribution in [1.82, 2.24) is 10.2 Å². The van der Waals surface area contributed by atoms with Crippen LogP contribution in [0.1, 0.15) is 44.1 Å². The zero-order chi connectivity index (χ0) is 16.9. The van der Waals surface area contributed by atoms with E-state index in [2.05, 4.69) is 34.3 Å². The summed E-state index contributed by atoms with van der Waals surface area (Å²) in [5.74, 6) is 4.16. The number of hydrogen-bond acceptors (Lipinski definition) is 2. The second-order valence-electron chi connectivity index (χ2n) is 7.28. The average molecular weight is 329 g/mol. The van der Waals surface area contributed by atoms with Crippen LogP contribution < -0.4 is 10.1 Å². The van der Waals surface area contributed by atoms with Crippen LogP contribution in [-0.4, -0.2) is 44.7 Å². The maximum Gasteiger partial charge on any atom is 0.193 e. The van der Waals surface area contributed by atoms with E-state index in [0.717, 1.165) is 30.1 Å². The number of guanidine groups is 1. The molecule has 4 heteroatoms. The van der Waals surface area contributed by atoms with Crippen molar-refractivity contribution in [3.8, 4) is 5.75 Å². The summed E-state index contributed by atoms with van der Waals surface area (Å²) in [6, 6.07) is 8.28. The predicted molar refractivity (Wildman–Crippen MR) is 99.8 cm³/mol. The van der Waals surface area contributed by atoms with E-state index in [0.29, 0.717) is 5.92 Å². The molecule has 1 heterocycles. The summed E-state index contributed by atoms with van der Waals surface area (Å²) < 4.78 is 5.50. The third-order valence-corrected chi connectivity index (χ3v) is 5.72. The van der Waals surface area contributed by atoms with E-state index in [1.807, 2.05) is 19.2 Å². The lowest BCUT2D eigenvalue weighted by molar-refractivity contribution is 0.299. The molecular formula is C20H31N3O. The molecule has 3 atom stereocenters. The van der Waals surface area contributed by atoms with Crippen LogP contribution in [-0.2, 0) is 0 Å². The molecule has 1 aromatic rings. The summed E-state index contributed by atoms with van der Waals surface area (Å²) in [6.07, 6.45) is 5.61. The van der Waals surface area contributed by atoms with E-state index < -0.39 is 0 Å². The standard InChI is InChI=1S/C20H31N3O/c1-15(18-10-6-7-11-19(18)24-3)12-22-20(21-2)23-13-16-8-4-5-9-17(16)14-23/h6-7,10-11,15-17H,4-5,8-9,12-14H2,1-3H3,(H,21,22). The molecule has 1 aromatic carbocycles. The van der Waals surface area contributed by atoms with E-state index in [4.69, 9.17) is 4.74 Å². The number of fused-ring (bicyclic) bond motifs is 1. The molecular weight excluding hydrogens is 298 g/mol. The van der Waals surface area contributed by atoms with Gasteiger partial charge in [0.15, 0.2) is 5.96 Å². The maximum atomic E-state index is 5.50. The van der Waals surface area contributed by atoms with Gasteiger partial charge in [0, 0.05) is 32.6 Å². The van der Waals surface area contributed by atoms with Crippen molar-refractivity contribution in [3.05, 3.63) is 29.8 Å². The van der Waals surface area contributed by atoms with E-state index in [-0.39, 0.29) is 0 Å². The quantitative estimate of drug-likeness (QED) is 0.678. The van der Waals surface area contributed by atoms with Gasteiger partial charge in [-0.25, -0.2) is 0 Å². The molecule has 0 radical (unpaired) electrons. The van der Waals surface area contributed by atoms with Crippen LogP contribution in [0.25, 0.3) is 0 Å². The number of ether oxygens (including phenoxy) is 1. The van der Waals surface area contributed by atoms with Crippen LogP contribution >= 0.6 is 0 Å². The highest BCUT2D eigenvalue weighted by Gasteiger charge is 2.35. The lowest BCUT2D eigenvalue weighted by atomic mass is 9.82. The second kappa shape index (κ2) is 7.91. The summed E-state index contributed by atoms with van der Waals surface area (Å²) in [5.41, 5.74) is 1.25. The Balaban J connectivity index is 1.58. The summed E-state index contributed by atoms with van der Waals surface area (Å²) in [4.78, 5) is 7.00. The monoisotopic (exact) mass is 329 g/mol. The highest BCUT2D eigenvalue weighted by Crippen LogP contribution is 2.36. The van der Waals surface area contributed by atoms with Gasteiger partial charge in [-0.2, -0.15) is 0 Å². The molecule has 1 saturated heterocycles. The molecule has 3 unspecified atom stereocenters. The Bertz CT molecular complexity index is 558. The van der Waals surface area contributed by atoms with Crippen molar-refractivity contribution < 1.29 is 4.74 Å². The molecule has 0 amide bonds. The summed E-state index contributed by atoms with van der Waals surface area (Å²) in [7, 11) is 3.64. The third kappa shape index (κ3) is 3.68. The number of likely N-dealkylation sites (tertiary alicyclic amines) is 1. The van der Waals surface area contributed by atoms with Crippen LogP contribution in [0.3, 0.4) is 0 Å². The summed E-state index contributed by atoms with van der Waals surface area (Å²) in [5, 5.41) is 3.59. The third-order valence-electron chi connectivity index (χ3n) is 5.72. The van der Waals surface area contributed by atoms with Gasteiger partial charge < -0.3 is 15.0 Å². The van der Waals surface area contributed by atoms with Gasteiger partial charge in [0.2, 0.25) is 0 Å². The number of nitrogens with one attached hydrogen (secondary N) is 1. The molecule has 1 N–H and O–H groups in total. The van der Waals surface area contributed by atoms with Crippen LogP contribution in [0.5, 0.6) is 5.75 Å². The van der Waals surface area contributed by atoms with Crippen LogP contribution in [0.2, 0.25) is 0 Å². The molecule has 1 saturated carbocycles. The van der Waals surface area contributed by atoms with Crippen molar-refractivity contribution >= 4 is 5.96 Å². The van der Waals surface area contributed by atoms with Gasteiger partial charge >= 0.3 is 0 Å². The Morgan fingerprint density at radius 3 is 2.54 bits per heavy atom. The molecule has 0 aromatic heterocycles. The number of rotatable bonds is 4. The first-order valence-corrected chi connectivity index (χ1v) is 9.31. The molecule has 1 aliphatic carbocycles. The molecule has 3 rings (SSSR count). The molecule has 132 valence electrons. The Morgan fingerprint density at radius 1 is 1.25 bits per heavy atom. The first kappa shape index (κ1) is 17.1. The van der Waals surface area contributed by atoms with Crippen LogP contribution in [0.4, 0.5) is 0 Å². The van der Waals surface area contributed by atoms with Crippen molar-refractivity contribution in [3.63, 3.8) is 0 Å². The van der Waals surface area contributed by atoms with Crippen molar-refractivity contribution in [1.29, 1.82) is 0 Å². The molecule has 2 aliphatic rings. The number of hydrogen-bond donors (Lipinski definition) is 1. The first-order chi connectivity index (χ1) is 11.7. The fourth-order valence-electron chi connectivity index (χ4n) is 4.34. The largest absolute Gasteiger partial charge is 0.496 e. The predicted octanol–water partition coefficient (Wildman–Crippen LogP) is 3.50. The lowest BCUT2D eigenvalue weighted by Gasteiger charge is -2.24. The Hall–Kier alpha value is -1.71. The molecule has 4 nitrogen and oxygen atoms in total. The maximum absolute atomic E-state index is 5.50. The highest BCUT2D eigenvalue weighted by atomic mass is 16.5. The average Bonchev–Trinajstić information content (AvgIpc) is 3.05. The van der Waals surface area contributed by atoms with E-state index in [9.17, 15) is 0 Å². The zero-order valence-electron chi connectivity index (χ0n) is 15.3. The van der Waals surface area contributed by atoms with E-state index >= 15 is 0 Å². The van der Waals surface area contributed by atoms with Crippen molar-refractivity contribution in [2.45, 2.75) is 38.5 Å². The minimum Gasteiger partial charge on any atom is -0.496 e. The molecule has 1 aliphatic heterocycles. The van der Waals surface area contributed by atoms with Gasteiger partial charge in [-0.05, 0) is 36.3 Å². The summed E-state index contributed by atoms with van der Waals surface area (Å²) >= 11 is 0. The number of benzene rings is 1. The SMILES string of the molecule is CN=C(NCC(C)c1ccccc1OC)N1CC2CCCCC2C1. The van der Waals surface area contributed by atoms with Gasteiger partial charge in [-0.1, -0.05) is 38.0 Å². The van der Waals surface area contributed by atoms with Gasteiger partial charge in [0.05, 0.1) is 7.11 Å². The van der Waals surface area contributed by atoms with Gasteiger partial charge in [-0.15, -0.1) is 0 Å². The highest BCUT2D eigenvalue weighted by molar-refractivity contribution is 5.80. The zero-order valence-corrected chi connectivity index (χ0v) is 15.3. The normalized spacial score (nSPS) is 25.3. The van der Waals surface area contributed by atoms with Crippen LogP contribution in [0, 0.1) is 11.8 Å². The number of nitrogens with zero attached hydrogens (tertiary/aromatic N) is 2. The fraction of sp³-hybridized carbons (Fsp3) is 0.650. The van der Waals surface area contributed by atoms with Crippen molar-refractivity contribution in [2.75, 3.05) is 33.8 Å². The minimum absolute atomic E-state index is 0.378. The Morgan fingerprint density at radius 2 is 1.92 bits per heavy atom. The van der Waals surface area contributed by atoms with E-state index in [1.165, 1.54) is 44.3 Å². The number of aliphatic imine (C=N–C) groups is 1. The molecule has 24 heavy (non-hydrogen) atoms. The Labute approximate surface area is 146 Å². The number of para-hydroxylation sites is 1. The summed E-state index contributed by atoms with van der Waals surface area (Å²) in [6.45, 7) is 5.46. The number of methoxy groups -OCH3 is 1. The van der Waals surface area contributed by atoms with Crippen LogP contribution in [0.15, 0.2) is 29.3 Å². The molecule has 0 bridgehead atoms. The molecule has 2 fully saturated rings. The molecule has 0 spiro atoms. The van der Waals surface area contributed by atoms with Gasteiger partial charge in [0.1, 0.15) is 5.75 Å². The second-order valence-corrected chi connectivity index (χ2v) is 7.28. The minimum atomic E-state index is 0.378. The van der Waals surface area contributed by atoms with Gasteiger partial charge in [0.25, 0.3) is 0 Å². The Kier molecular flexibility index (Phi) is 5.64. The fourth-order valence-corrected chi connectivity index (χ4v) is 4.34.